The van der Waals surface area contributed by atoms with E-state index in [0.29, 0.717) is 12.4 Å². The molecule has 0 atom stereocenters. The minimum absolute atomic E-state index is 0.263. The first-order chi connectivity index (χ1) is 18.7. The number of nitrogens with zero attached hydrogens (tertiary/aromatic N) is 6. The van der Waals surface area contributed by atoms with Gasteiger partial charge in [0, 0.05) is 44.6 Å². The summed E-state index contributed by atoms with van der Waals surface area (Å²) < 4.78 is 5.74. The Morgan fingerprint density at radius 3 is 2.13 bits per heavy atom. The van der Waals surface area contributed by atoms with Crippen molar-refractivity contribution in [1.82, 2.24) is 24.8 Å². The monoisotopic (exact) mass is 510 g/mol. The highest BCUT2D eigenvalue weighted by Gasteiger charge is 2.20. The van der Waals surface area contributed by atoms with Crippen LogP contribution in [0.3, 0.4) is 0 Å². The first-order valence-electron chi connectivity index (χ1n) is 13.4. The second kappa shape index (κ2) is 13.0. The lowest BCUT2D eigenvalue weighted by atomic mass is 10.2. The molecule has 4 heterocycles. The maximum atomic E-state index is 9.34. The number of pyridine rings is 2. The van der Waals surface area contributed by atoms with E-state index in [-0.39, 0.29) is 5.75 Å². The van der Waals surface area contributed by atoms with E-state index in [9.17, 15) is 5.11 Å². The molecule has 0 saturated carbocycles. The van der Waals surface area contributed by atoms with Crippen molar-refractivity contribution < 1.29 is 9.84 Å². The van der Waals surface area contributed by atoms with Crippen LogP contribution in [0, 0.1) is 0 Å². The van der Waals surface area contributed by atoms with Crippen molar-refractivity contribution in [2.75, 3.05) is 44.2 Å². The Kier molecular flexibility index (Phi) is 8.73. The molecule has 3 aromatic heterocycles. The van der Waals surface area contributed by atoms with E-state index in [2.05, 4.69) is 19.8 Å². The quantitative estimate of drug-likeness (QED) is 0.280. The molecule has 8 nitrogen and oxygen atoms in total. The zero-order valence-electron chi connectivity index (χ0n) is 21.6. The number of aromatic nitrogens is 4. The van der Waals surface area contributed by atoms with E-state index in [1.165, 1.54) is 12.8 Å². The fourth-order valence-corrected chi connectivity index (χ4v) is 4.58. The molecule has 8 heteroatoms. The minimum atomic E-state index is 0.263. The first-order valence-corrected chi connectivity index (χ1v) is 13.4. The molecule has 4 aromatic rings. The highest BCUT2D eigenvalue weighted by Crippen LogP contribution is 2.25. The summed E-state index contributed by atoms with van der Waals surface area (Å²) in [6.45, 7) is 5.73. The smallest absolute Gasteiger partial charge is 0.180 e. The van der Waals surface area contributed by atoms with Crippen LogP contribution in [0.4, 0.5) is 5.82 Å². The van der Waals surface area contributed by atoms with Crippen LogP contribution in [0.1, 0.15) is 25.7 Å². The van der Waals surface area contributed by atoms with E-state index in [1.807, 2.05) is 42.5 Å². The van der Waals surface area contributed by atoms with E-state index < -0.39 is 0 Å². The number of aromatic hydroxyl groups is 1. The molecule has 0 amide bonds. The van der Waals surface area contributed by atoms with Gasteiger partial charge in [0.25, 0.3) is 0 Å². The molecular formula is C30H34N6O2. The predicted octanol–water partition coefficient (Wildman–Crippen LogP) is 5.07. The maximum absolute atomic E-state index is 9.34. The molecule has 0 bridgehead atoms. The molecule has 196 valence electrons. The van der Waals surface area contributed by atoms with Crippen LogP contribution in [0.15, 0.2) is 79.1 Å². The standard InChI is InChI=1S/C30H34N6O2/c37-24-11-13-25(14-12-24)38-22-8-2-1-7-17-35-18-20-36(21-19-35)29-23-28(26-9-3-5-15-31-26)33-30(34-29)27-10-4-6-16-32-27/h3-6,9-16,23,37H,1-2,7-8,17-22H2. The zero-order valence-corrected chi connectivity index (χ0v) is 21.6. The van der Waals surface area contributed by atoms with Gasteiger partial charge >= 0.3 is 0 Å². The molecule has 1 N–H and O–H groups in total. The third-order valence-corrected chi connectivity index (χ3v) is 6.70. The average molecular weight is 511 g/mol. The maximum Gasteiger partial charge on any atom is 0.180 e. The predicted molar refractivity (Wildman–Crippen MR) is 149 cm³/mol. The van der Waals surface area contributed by atoms with Crippen LogP contribution in [-0.4, -0.2) is 69.3 Å². The third-order valence-electron chi connectivity index (χ3n) is 6.70. The van der Waals surface area contributed by atoms with Crippen molar-refractivity contribution in [2.24, 2.45) is 0 Å². The highest BCUT2D eigenvalue weighted by atomic mass is 16.5. The molecule has 38 heavy (non-hydrogen) atoms. The molecule has 0 unspecified atom stereocenters. The largest absolute Gasteiger partial charge is 0.508 e. The van der Waals surface area contributed by atoms with Gasteiger partial charge in [-0.1, -0.05) is 25.0 Å². The highest BCUT2D eigenvalue weighted by molar-refractivity contribution is 5.64. The molecule has 0 aliphatic carbocycles. The van der Waals surface area contributed by atoms with Crippen molar-refractivity contribution in [3.05, 3.63) is 79.1 Å². The molecule has 5 rings (SSSR count). The molecule has 0 radical (unpaired) electrons. The number of rotatable bonds is 11. The normalized spacial score (nSPS) is 13.9. The first kappa shape index (κ1) is 25.6. The van der Waals surface area contributed by atoms with Gasteiger partial charge in [0.15, 0.2) is 5.82 Å². The van der Waals surface area contributed by atoms with Crippen molar-refractivity contribution in [2.45, 2.75) is 25.7 Å². The van der Waals surface area contributed by atoms with Gasteiger partial charge < -0.3 is 14.7 Å². The van der Waals surface area contributed by atoms with Crippen molar-refractivity contribution >= 4 is 5.82 Å². The van der Waals surface area contributed by atoms with Gasteiger partial charge in [-0.25, -0.2) is 9.97 Å². The third kappa shape index (κ3) is 7.04. The Morgan fingerprint density at radius 2 is 1.42 bits per heavy atom. The summed E-state index contributed by atoms with van der Waals surface area (Å²) in [6.07, 6.45) is 8.16. The number of hydrogen-bond donors (Lipinski definition) is 1. The lowest BCUT2D eigenvalue weighted by Gasteiger charge is -2.35. The fourth-order valence-electron chi connectivity index (χ4n) is 4.58. The van der Waals surface area contributed by atoms with Crippen LogP contribution in [0.5, 0.6) is 11.5 Å². The number of benzene rings is 1. The van der Waals surface area contributed by atoms with Gasteiger partial charge in [-0.05, 0) is 67.9 Å². The SMILES string of the molecule is Oc1ccc(OCCCCCCN2CCN(c3cc(-c4ccccn4)nc(-c4ccccn4)n3)CC2)cc1. The molecule has 1 aliphatic heterocycles. The van der Waals surface area contributed by atoms with E-state index >= 15 is 0 Å². The van der Waals surface area contributed by atoms with Crippen LogP contribution < -0.4 is 9.64 Å². The Bertz CT molecular complexity index is 1210. The fraction of sp³-hybridized carbons (Fsp3) is 0.333. The number of hydrogen-bond acceptors (Lipinski definition) is 8. The second-order valence-electron chi connectivity index (χ2n) is 9.45. The molecule has 1 aliphatic rings. The number of piperazine rings is 1. The van der Waals surface area contributed by atoms with Crippen molar-refractivity contribution in [3.63, 3.8) is 0 Å². The lowest BCUT2D eigenvalue weighted by molar-refractivity contribution is 0.249. The van der Waals surface area contributed by atoms with Crippen LogP contribution in [-0.2, 0) is 0 Å². The number of anilines is 1. The molecular weight excluding hydrogens is 476 g/mol. The van der Waals surface area contributed by atoms with Crippen molar-refractivity contribution in [1.29, 1.82) is 0 Å². The van der Waals surface area contributed by atoms with Gasteiger partial charge in [0.2, 0.25) is 0 Å². The summed E-state index contributed by atoms with van der Waals surface area (Å²) in [5.41, 5.74) is 2.41. The summed E-state index contributed by atoms with van der Waals surface area (Å²) in [5.74, 6) is 2.62. The molecule has 1 saturated heterocycles. The van der Waals surface area contributed by atoms with Crippen LogP contribution >= 0.6 is 0 Å². The van der Waals surface area contributed by atoms with Gasteiger partial charge in [-0.2, -0.15) is 0 Å². The minimum Gasteiger partial charge on any atom is -0.508 e. The number of phenolic OH excluding ortho intramolecular Hbond substituents is 1. The van der Waals surface area contributed by atoms with Gasteiger partial charge in [0.05, 0.1) is 18.0 Å². The van der Waals surface area contributed by atoms with Gasteiger partial charge in [-0.3, -0.25) is 14.9 Å². The Balaban J connectivity index is 1.10. The molecule has 0 spiro atoms. The van der Waals surface area contributed by atoms with E-state index in [1.54, 1.807) is 36.7 Å². The Hall–Kier alpha value is -4.04. The van der Waals surface area contributed by atoms with Gasteiger partial charge in [-0.15, -0.1) is 0 Å². The topological polar surface area (TPSA) is 87.5 Å². The number of unbranched alkanes of at least 4 members (excludes halogenated alkanes) is 3. The summed E-state index contributed by atoms with van der Waals surface area (Å²) in [5, 5.41) is 9.34. The second-order valence-corrected chi connectivity index (χ2v) is 9.45. The molecule has 1 fully saturated rings. The number of ether oxygens (including phenoxy) is 1. The van der Waals surface area contributed by atoms with Crippen LogP contribution in [0.2, 0.25) is 0 Å². The Morgan fingerprint density at radius 1 is 0.711 bits per heavy atom. The summed E-state index contributed by atoms with van der Waals surface area (Å²) in [4.78, 5) is 23.5. The molecule has 1 aromatic carbocycles. The van der Waals surface area contributed by atoms with Gasteiger partial charge in [0.1, 0.15) is 23.0 Å². The summed E-state index contributed by atoms with van der Waals surface area (Å²) in [6, 6.07) is 20.6. The van der Waals surface area contributed by atoms with Crippen molar-refractivity contribution in [3.8, 4) is 34.4 Å². The zero-order chi connectivity index (χ0) is 26.0. The summed E-state index contributed by atoms with van der Waals surface area (Å²) in [7, 11) is 0. The summed E-state index contributed by atoms with van der Waals surface area (Å²) >= 11 is 0. The van der Waals surface area contributed by atoms with E-state index in [0.717, 1.165) is 74.2 Å². The van der Waals surface area contributed by atoms with E-state index in [4.69, 9.17) is 14.7 Å². The Labute approximate surface area is 224 Å². The average Bonchev–Trinajstić information content (AvgIpc) is 2.98. The number of phenols is 1. The van der Waals surface area contributed by atoms with Crippen LogP contribution in [0.25, 0.3) is 22.9 Å². The lowest BCUT2D eigenvalue weighted by Crippen LogP contribution is -2.47.